The number of hydrogen-bond donors (Lipinski definition) is 2. The molecule has 0 saturated carbocycles. The number of thioether (sulfide) groups is 1. The predicted molar refractivity (Wildman–Crippen MR) is 75.1 cm³/mol. The van der Waals surface area contributed by atoms with E-state index in [2.05, 4.69) is 5.32 Å². The van der Waals surface area contributed by atoms with E-state index in [0.717, 1.165) is 17.7 Å². The van der Waals surface area contributed by atoms with Crippen LogP contribution in [-0.2, 0) is 5.75 Å². The average molecular weight is 270 g/mol. The first-order chi connectivity index (χ1) is 8.69. The van der Waals surface area contributed by atoms with Gasteiger partial charge >= 0.3 is 0 Å². The summed E-state index contributed by atoms with van der Waals surface area (Å²) in [5.74, 6) is 1.42. The number of nitro groups is 1. The second-order valence-corrected chi connectivity index (χ2v) is 4.92. The number of nitrogens with one attached hydrogen (secondary N) is 1. The van der Waals surface area contributed by atoms with Crippen LogP contribution >= 0.6 is 11.8 Å². The van der Waals surface area contributed by atoms with Crippen LogP contribution in [0.2, 0.25) is 0 Å². The summed E-state index contributed by atoms with van der Waals surface area (Å²) in [6, 6.07) is 5.12. The number of benzene rings is 1. The highest BCUT2D eigenvalue weighted by atomic mass is 32.2. The lowest BCUT2D eigenvalue weighted by molar-refractivity contribution is -0.384. The molecule has 0 radical (unpaired) electrons. The molecule has 1 aromatic carbocycles. The highest BCUT2D eigenvalue weighted by Crippen LogP contribution is 2.27. The van der Waals surface area contributed by atoms with Crippen LogP contribution in [0, 0.1) is 10.1 Å². The van der Waals surface area contributed by atoms with Gasteiger partial charge in [0, 0.05) is 24.1 Å². The maximum absolute atomic E-state index is 10.9. The Morgan fingerprint density at radius 1 is 1.50 bits per heavy atom. The lowest BCUT2D eigenvalue weighted by Crippen LogP contribution is -2.03. The van der Waals surface area contributed by atoms with Gasteiger partial charge in [0.25, 0.3) is 5.69 Å². The molecule has 5 nitrogen and oxygen atoms in total. The molecule has 0 bridgehead atoms. The zero-order valence-corrected chi connectivity index (χ0v) is 11.2. The average Bonchev–Trinajstić information content (AvgIpc) is 2.36. The minimum atomic E-state index is -0.372. The predicted octanol–water partition coefficient (Wildman–Crippen LogP) is 2.64. The molecule has 0 aliphatic carbocycles. The molecule has 0 aliphatic heterocycles. The molecular weight excluding hydrogens is 252 g/mol. The van der Waals surface area contributed by atoms with E-state index in [-0.39, 0.29) is 17.2 Å². The number of aliphatic hydroxyl groups excluding tert-OH is 1. The molecule has 100 valence electrons. The molecule has 0 fully saturated rings. The van der Waals surface area contributed by atoms with E-state index >= 15 is 0 Å². The molecule has 0 aliphatic rings. The first-order valence-electron chi connectivity index (χ1n) is 5.88. The summed E-state index contributed by atoms with van der Waals surface area (Å²) >= 11 is 1.61. The lowest BCUT2D eigenvalue weighted by Gasteiger charge is -2.08. The maximum Gasteiger partial charge on any atom is 0.292 e. The summed E-state index contributed by atoms with van der Waals surface area (Å²) < 4.78 is 0. The van der Waals surface area contributed by atoms with E-state index < -0.39 is 0 Å². The van der Waals surface area contributed by atoms with Crippen molar-refractivity contribution in [2.75, 3.05) is 24.2 Å². The molecule has 0 unspecified atom stereocenters. The van der Waals surface area contributed by atoms with Gasteiger partial charge in [0.15, 0.2) is 0 Å². The molecule has 0 heterocycles. The van der Waals surface area contributed by atoms with Gasteiger partial charge in [-0.3, -0.25) is 10.1 Å². The standard InChI is InChI=1S/C12H18N2O3S/c1-2-5-13-11-8-10(9-18-7-6-15)3-4-12(11)14(16)17/h3-4,8,13,15H,2,5-7,9H2,1H3. The Labute approximate surface area is 111 Å². The fourth-order valence-electron chi connectivity index (χ4n) is 1.49. The third-order valence-electron chi connectivity index (χ3n) is 2.33. The van der Waals surface area contributed by atoms with Gasteiger partial charge in [-0.25, -0.2) is 0 Å². The Hall–Kier alpha value is -1.27. The van der Waals surface area contributed by atoms with Crippen molar-refractivity contribution in [2.45, 2.75) is 19.1 Å². The van der Waals surface area contributed by atoms with Gasteiger partial charge in [-0.05, 0) is 18.1 Å². The molecule has 1 aromatic rings. The quantitative estimate of drug-likeness (QED) is 0.431. The van der Waals surface area contributed by atoms with Crippen molar-refractivity contribution >= 4 is 23.1 Å². The van der Waals surface area contributed by atoms with Gasteiger partial charge < -0.3 is 10.4 Å². The Bertz CT molecular complexity index is 399. The van der Waals surface area contributed by atoms with Crippen molar-refractivity contribution in [3.63, 3.8) is 0 Å². The fraction of sp³-hybridized carbons (Fsp3) is 0.500. The van der Waals surface area contributed by atoms with Crippen LogP contribution in [0.15, 0.2) is 18.2 Å². The SMILES string of the molecule is CCCNc1cc(CSCCO)ccc1[N+](=O)[O-]. The van der Waals surface area contributed by atoms with E-state index in [1.807, 2.05) is 13.0 Å². The monoisotopic (exact) mass is 270 g/mol. The minimum absolute atomic E-state index is 0.111. The molecule has 0 atom stereocenters. The lowest BCUT2D eigenvalue weighted by atomic mass is 10.2. The van der Waals surface area contributed by atoms with Gasteiger partial charge in [-0.1, -0.05) is 13.0 Å². The van der Waals surface area contributed by atoms with Gasteiger partial charge in [0.2, 0.25) is 0 Å². The van der Waals surface area contributed by atoms with Crippen LogP contribution in [0.4, 0.5) is 11.4 Å². The number of aliphatic hydroxyl groups is 1. The van der Waals surface area contributed by atoms with Crippen molar-refractivity contribution in [2.24, 2.45) is 0 Å². The van der Waals surface area contributed by atoms with E-state index in [1.165, 1.54) is 6.07 Å². The maximum atomic E-state index is 10.9. The number of hydrogen-bond acceptors (Lipinski definition) is 5. The zero-order chi connectivity index (χ0) is 13.4. The van der Waals surface area contributed by atoms with E-state index in [9.17, 15) is 10.1 Å². The third kappa shape index (κ3) is 4.54. The van der Waals surface area contributed by atoms with Crippen LogP contribution in [-0.4, -0.2) is 28.9 Å². The smallest absolute Gasteiger partial charge is 0.292 e. The van der Waals surface area contributed by atoms with Crippen LogP contribution in [0.5, 0.6) is 0 Å². The number of nitro benzene ring substituents is 1. The van der Waals surface area contributed by atoms with Crippen molar-refractivity contribution < 1.29 is 10.0 Å². The van der Waals surface area contributed by atoms with Gasteiger partial charge in [-0.15, -0.1) is 0 Å². The summed E-state index contributed by atoms with van der Waals surface area (Å²) in [6.07, 6.45) is 0.917. The van der Waals surface area contributed by atoms with Crippen molar-refractivity contribution in [3.8, 4) is 0 Å². The molecule has 0 spiro atoms. The first-order valence-corrected chi connectivity index (χ1v) is 7.04. The molecule has 18 heavy (non-hydrogen) atoms. The van der Waals surface area contributed by atoms with Crippen molar-refractivity contribution in [1.82, 2.24) is 0 Å². The first kappa shape index (κ1) is 14.8. The van der Waals surface area contributed by atoms with Crippen LogP contribution in [0.1, 0.15) is 18.9 Å². The summed E-state index contributed by atoms with van der Waals surface area (Å²) in [4.78, 5) is 10.5. The molecule has 1 rings (SSSR count). The van der Waals surface area contributed by atoms with E-state index in [4.69, 9.17) is 5.11 Å². The largest absolute Gasteiger partial charge is 0.396 e. The van der Waals surface area contributed by atoms with E-state index in [0.29, 0.717) is 18.0 Å². The normalized spacial score (nSPS) is 10.3. The van der Waals surface area contributed by atoms with E-state index in [1.54, 1.807) is 17.8 Å². The summed E-state index contributed by atoms with van der Waals surface area (Å²) in [6.45, 7) is 2.88. The Morgan fingerprint density at radius 3 is 2.89 bits per heavy atom. The number of nitrogens with zero attached hydrogens (tertiary/aromatic N) is 1. The Balaban J connectivity index is 2.80. The van der Waals surface area contributed by atoms with Gasteiger partial charge in [0.05, 0.1) is 11.5 Å². The Morgan fingerprint density at radius 2 is 2.28 bits per heavy atom. The molecule has 6 heteroatoms. The molecule has 2 N–H and O–H groups in total. The minimum Gasteiger partial charge on any atom is -0.396 e. The molecular formula is C12H18N2O3S. The molecule has 0 saturated heterocycles. The second-order valence-electron chi connectivity index (χ2n) is 3.81. The molecule has 0 aromatic heterocycles. The van der Waals surface area contributed by atoms with Crippen LogP contribution in [0.3, 0.4) is 0 Å². The summed E-state index contributed by atoms with van der Waals surface area (Å²) in [7, 11) is 0. The highest BCUT2D eigenvalue weighted by molar-refractivity contribution is 7.98. The topological polar surface area (TPSA) is 75.4 Å². The highest BCUT2D eigenvalue weighted by Gasteiger charge is 2.13. The van der Waals surface area contributed by atoms with Gasteiger partial charge in [0.1, 0.15) is 5.69 Å². The zero-order valence-electron chi connectivity index (χ0n) is 10.4. The Kier molecular flexibility index (Phi) is 6.53. The van der Waals surface area contributed by atoms with Crippen LogP contribution in [0.25, 0.3) is 0 Å². The van der Waals surface area contributed by atoms with Crippen molar-refractivity contribution in [3.05, 3.63) is 33.9 Å². The third-order valence-corrected chi connectivity index (χ3v) is 3.34. The summed E-state index contributed by atoms with van der Waals surface area (Å²) in [5.41, 5.74) is 1.71. The summed E-state index contributed by atoms with van der Waals surface area (Å²) in [5, 5.41) is 22.7. The molecule has 0 amide bonds. The van der Waals surface area contributed by atoms with Crippen LogP contribution < -0.4 is 5.32 Å². The second kappa shape index (κ2) is 7.94. The van der Waals surface area contributed by atoms with Crippen molar-refractivity contribution in [1.29, 1.82) is 0 Å². The fourth-order valence-corrected chi connectivity index (χ4v) is 2.18. The van der Waals surface area contributed by atoms with Gasteiger partial charge in [-0.2, -0.15) is 11.8 Å². The number of anilines is 1. The number of rotatable bonds is 8.